The molecule has 0 atom stereocenters. The Kier molecular flexibility index (Phi) is 4.98. The Labute approximate surface area is 165 Å². The zero-order valence-electron chi connectivity index (χ0n) is 16.5. The quantitative estimate of drug-likeness (QED) is 0.577. The lowest BCUT2D eigenvalue weighted by Gasteiger charge is -2.06. The van der Waals surface area contributed by atoms with Crippen LogP contribution in [-0.4, -0.2) is 6.61 Å². The molecule has 0 saturated carbocycles. The van der Waals surface area contributed by atoms with Crippen LogP contribution >= 0.6 is 0 Å². The predicted molar refractivity (Wildman–Crippen MR) is 112 cm³/mol. The lowest BCUT2D eigenvalue weighted by atomic mass is 10.0. The predicted octanol–water partition coefficient (Wildman–Crippen LogP) is 4.43. The van der Waals surface area contributed by atoms with Crippen molar-refractivity contribution in [3.8, 4) is 17.1 Å². The first-order chi connectivity index (χ1) is 13.6. The van der Waals surface area contributed by atoms with Crippen LogP contribution < -0.4 is 15.1 Å². The number of hydrogen-bond acceptors (Lipinski definition) is 2. The molecule has 1 heterocycles. The molecule has 0 aliphatic carbocycles. The second-order valence-corrected chi connectivity index (χ2v) is 6.93. The maximum Gasteiger partial charge on any atom is 0.219 e. The molecule has 0 saturated heterocycles. The van der Waals surface area contributed by atoms with Crippen LogP contribution in [0.2, 0.25) is 0 Å². The van der Waals surface area contributed by atoms with Gasteiger partial charge in [-0.15, -0.1) is 0 Å². The van der Waals surface area contributed by atoms with Crippen LogP contribution in [0, 0.1) is 13.8 Å². The lowest BCUT2D eigenvalue weighted by molar-refractivity contribution is -0.400. The zero-order valence-corrected chi connectivity index (χ0v) is 16.5. The standard InChI is InChI=1S/C25H23NO2/c1-4-27-21-12-10-20(11-13-21)26-22-16-23(19-8-6-5-7-9-19)28-24-15-17(2)14-18(3)25(22)24/h5-16H,4H2,1-3H3/p+1. The van der Waals surface area contributed by atoms with Crippen LogP contribution in [-0.2, 0) is 0 Å². The van der Waals surface area contributed by atoms with Gasteiger partial charge in [0, 0.05) is 17.7 Å². The highest BCUT2D eigenvalue weighted by atomic mass is 16.5. The molecule has 0 amide bonds. The number of aryl methyl sites for hydroxylation is 2. The Morgan fingerprint density at radius 2 is 1.64 bits per heavy atom. The molecule has 3 heteroatoms. The SMILES string of the molecule is CCOc1ccc([NH+]=c2cc(-c3ccccc3)oc3cc(C)cc(C)c23)cc1. The number of hydrogen-bond donors (Lipinski definition) is 1. The molecule has 3 nitrogen and oxygen atoms in total. The second kappa shape index (κ2) is 7.73. The molecule has 28 heavy (non-hydrogen) atoms. The van der Waals surface area contributed by atoms with Gasteiger partial charge in [0.1, 0.15) is 17.1 Å². The van der Waals surface area contributed by atoms with Crippen molar-refractivity contribution in [3.05, 3.63) is 89.3 Å². The monoisotopic (exact) mass is 370 g/mol. The summed E-state index contributed by atoms with van der Waals surface area (Å²) >= 11 is 0. The average molecular weight is 370 g/mol. The molecule has 0 radical (unpaired) electrons. The van der Waals surface area contributed by atoms with Crippen LogP contribution in [0.3, 0.4) is 0 Å². The zero-order chi connectivity index (χ0) is 19.5. The van der Waals surface area contributed by atoms with Crippen molar-refractivity contribution in [1.82, 2.24) is 0 Å². The molecule has 4 aromatic rings. The Bertz CT molecular complexity index is 1170. The van der Waals surface area contributed by atoms with Crippen LogP contribution in [0.1, 0.15) is 18.1 Å². The summed E-state index contributed by atoms with van der Waals surface area (Å²) in [7, 11) is 0. The van der Waals surface area contributed by atoms with E-state index in [-0.39, 0.29) is 0 Å². The van der Waals surface area contributed by atoms with E-state index in [4.69, 9.17) is 9.15 Å². The Morgan fingerprint density at radius 1 is 0.893 bits per heavy atom. The number of nitrogens with one attached hydrogen (secondary N) is 1. The fourth-order valence-electron chi connectivity index (χ4n) is 3.51. The molecule has 0 spiro atoms. The molecule has 3 aromatic carbocycles. The molecule has 0 unspecified atom stereocenters. The van der Waals surface area contributed by atoms with E-state index in [2.05, 4.69) is 49.2 Å². The summed E-state index contributed by atoms with van der Waals surface area (Å²) in [6, 6.07) is 24.6. The maximum absolute atomic E-state index is 6.28. The molecule has 1 aromatic heterocycles. The largest absolute Gasteiger partial charge is 0.494 e. The summed E-state index contributed by atoms with van der Waals surface area (Å²) in [5.74, 6) is 1.71. The minimum absolute atomic E-state index is 0.663. The highest BCUT2D eigenvalue weighted by Gasteiger charge is 2.12. The van der Waals surface area contributed by atoms with E-state index < -0.39 is 0 Å². The Morgan fingerprint density at radius 3 is 2.36 bits per heavy atom. The summed E-state index contributed by atoms with van der Waals surface area (Å²) in [6.45, 7) is 6.87. The summed E-state index contributed by atoms with van der Waals surface area (Å²) in [4.78, 5) is 3.57. The highest BCUT2D eigenvalue weighted by Crippen LogP contribution is 2.24. The van der Waals surface area contributed by atoms with E-state index in [9.17, 15) is 0 Å². The van der Waals surface area contributed by atoms with Gasteiger partial charge in [0.25, 0.3) is 0 Å². The Hall–Kier alpha value is -3.33. The molecule has 0 aliphatic heterocycles. The highest BCUT2D eigenvalue weighted by molar-refractivity contribution is 5.82. The van der Waals surface area contributed by atoms with E-state index >= 15 is 0 Å². The van der Waals surface area contributed by atoms with E-state index in [0.29, 0.717) is 6.61 Å². The molecule has 0 aliphatic rings. The molecular formula is C25H24NO2+. The van der Waals surface area contributed by atoms with Crippen molar-refractivity contribution in [2.45, 2.75) is 20.8 Å². The van der Waals surface area contributed by atoms with Gasteiger partial charge in [-0.2, -0.15) is 0 Å². The third kappa shape index (κ3) is 3.70. The number of fused-ring (bicyclic) bond motifs is 1. The van der Waals surface area contributed by atoms with E-state index in [1.807, 2.05) is 49.4 Å². The van der Waals surface area contributed by atoms with Crippen molar-refractivity contribution < 1.29 is 14.1 Å². The molecule has 0 fully saturated rings. The average Bonchev–Trinajstić information content (AvgIpc) is 2.69. The van der Waals surface area contributed by atoms with Crippen LogP contribution in [0.5, 0.6) is 5.75 Å². The van der Waals surface area contributed by atoms with Crippen LogP contribution in [0.25, 0.3) is 22.3 Å². The van der Waals surface area contributed by atoms with Crippen molar-refractivity contribution >= 4 is 16.7 Å². The van der Waals surface area contributed by atoms with Gasteiger partial charge in [-0.05, 0) is 50.1 Å². The normalized spacial score (nSPS) is 11.8. The number of rotatable bonds is 4. The van der Waals surface area contributed by atoms with Crippen molar-refractivity contribution in [3.63, 3.8) is 0 Å². The first-order valence-electron chi connectivity index (χ1n) is 9.57. The van der Waals surface area contributed by atoms with Gasteiger partial charge >= 0.3 is 0 Å². The van der Waals surface area contributed by atoms with Crippen LogP contribution in [0.4, 0.5) is 5.69 Å². The van der Waals surface area contributed by atoms with E-state index in [1.54, 1.807) is 0 Å². The minimum Gasteiger partial charge on any atom is -0.494 e. The van der Waals surface area contributed by atoms with Crippen molar-refractivity contribution in [2.24, 2.45) is 0 Å². The van der Waals surface area contributed by atoms with Gasteiger partial charge in [0.2, 0.25) is 11.0 Å². The molecule has 140 valence electrons. The van der Waals surface area contributed by atoms with E-state index in [0.717, 1.165) is 39.1 Å². The fourth-order valence-corrected chi connectivity index (χ4v) is 3.51. The van der Waals surface area contributed by atoms with Gasteiger partial charge in [-0.1, -0.05) is 36.4 Å². The molecule has 1 N–H and O–H groups in total. The van der Waals surface area contributed by atoms with Gasteiger partial charge in [-0.25, -0.2) is 4.99 Å². The second-order valence-electron chi connectivity index (χ2n) is 6.93. The minimum atomic E-state index is 0.663. The maximum atomic E-state index is 6.28. The third-order valence-electron chi connectivity index (χ3n) is 4.71. The third-order valence-corrected chi connectivity index (χ3v) is 4.71. The van der Waals surface area contributed by atoms with Gasteiger partial charge in [-0.3, -0.25) is 0 Å². The molecule has 0 bridgehead atoms. The number of benzene rings is 3. The van der Waals surface area contributed by atoms with Gasteiger partial charge in [0.15, 0.2) is 0 Å². The summed E-state index contributed by atoms with van der Waals surface area (Å²) in [5.41, 5.74) is 5.32. The first-order valence-corrected chi connectivity index (χ1v) is 9.57. The first kappa shape index (κ1) is 18.1. The van der Waals surface area contributed by atoms with Crippen LogP contribution in [0.15, 0.2) is 77.2 Å². The van der Waals surface area contributed by atoms with Crippen molar-refractivity contribution in [1.29, 1.82) is 0 Å². The number of ether oxygens (including phenoxy) is 1. The molecule has 4 rings (SSSR count). The Balaban J connectivity index is 1.95. The van der Waals surface area contributed by atoms with Gasteiger partial charge < -0.3 is 9.15 Å². The summed E-state index contributed by atoms with van der Waals surface area (Å²) in [6.07, 6.45) is 0. The smallest absolute Gasteiger partial charge is 0.219 e. The summed E-state index contributed by atoms with van der Waals surface area (Å²) in [5, 5.41) is 2.13. The van der Waals surface area contributed by atoms with Gasteiger partial charge in [0.05, 0.1) is 18.1 Å². The topological polar surface area (TPSA) is 36.3 Å². The summed E-state index contributed by atoms with van der Waals surface area (Å²) < 4.78 is 11.8. The lowest BCUT2D eigenvalue weighted by Crippen LogP contribution is -2.70. The van der Waals surface area contributed by atoms with Crippen molar-refractivity contribution in [2.75, 3.05) is 6.61 Å². The fraction of sp³-hybridized carbons (Fsp3) is 0.160. The molecular weight excluding hydrogens is 346 g/mol. The van der Waals surface area contributed by atoms with E-state index in [1.165, 1.54) is 11.1 Å².